The number of halogens is 3. The Morgan fingerprint density at radius 3 is 2.33 bits per heavy atom. The van der Waals surface area contributed by atoms with Crippen LogP contribution in [0.1, 0.15) is 38.7 Å². The highest BCUT2D eigenvalue weighted by atomic mass is 79.9. The SMILES string of the molecule is CC1CC(C)CC(O)(c2c(F)ccc(Br)c2F)C1. The maximum Gasteiger partial charge on any atom is 0.146 e. The van der Waals surface area contributed by atoms with Crippen LogP contribution in [0.3, 0.4) is 0 Å². The Hall–Kier alpha value is -0.480. The van der Waals surface area contributed by atoms with Gasteiger partial charge in [0.05, 0.1) is 15.6 Å². The van der Waals surface area contributed by atoms with Crippen LogP contribution in [0, 0.1) is 23.5 Å². The van der Waals surface area contributed by atoms with Crippen LogP contribution in [0.4, 0.5) is 8.78 Å². The summed E-state index contributed by atoms with van der Waals surface area (Å²) >= 11 is 3.05. The first-order valence-electron chi connectivity index (χ1n) is 6.20. The fraction of sp³-hybridized carbons (Fsp3) is 0.571. The zero-order valence-corrected chi connectivity index (χ0v) is 12.1. The van der Waals surface area contributed by atoms with E-state index in [0.29, 0.717) is 12.8 Å². The minimum absolute atomic E-state index is 0.185. The van der Waals surface area contributed by atoms with Gasteiger partial charge in [0.2, 0.25) is 0 Å². The molecule has 1 aliphatic carbocycles. The first-order valence-corrected chi connectivity index (χ1v) is 6.99. The van der Waals surface area contributed by atoms with E-state index >= 15 is 0 Å². The molecule has 0 aliphatic heterocycles. The average Bonchev–Trinajstić information content (AvgIpc) is 2.21. The second-order valence-electron chi connectivity index (χ2n) is 5.60. The Bertz CT molecular complexity index is 451. The summed E-state index contributed by atoms with van der Waals surface area (Å²) in [5.41, 5.74) is -1.58. The number of benzene rings is 1. The van der Waals surface area contributed by atoms with Crippen LogP contribution in [0.5, 0.6) is 0 Å². The minimum atomic E-state index is -1.39. The molecule has 2 unspecified atom stereocenters. The van der Waals surface area contributed by atoms with Gasteiger partial charge in [0.1, 0.15) is 11.6 Å². The van der Waals surface area contributed by atoms with Crippen molar-refractivity contribution in [1.82, 2.24) is 0 Å². The predicted molar refractivity (Wildman–Crippen MR) is 70.1 cm³/mol. The van der Waals surface area contributed by atoms with Crippen LogP contribution in [-0.2, 0) is 5.60 Å². The molecule has 18 heavy (non-hydrogen) atoms. The molecule has 1 aliphatic rings. The highest BCUT2D eigenvalue weighted by Gasteiger charge is 2.41. The van der Waals surface area contributed by atoms with Crippen LogP contribution in [-0.4, -0.2) is 5.11 Å². The molecule has 100 valence electrons. The second kappa shape index (κ2) is 4.89. The lowest BCUT2D eigenvalue weighted by Gasteiger charge is -2.39. The van der Waals surface area contributed by atoms with Crippen molar-refractivity contribution in [2.24, 2.45) is 11.8 Å². The van der Waals surface area contributed by atoms with E-state index in [1.54, 1.807) is 0 Å². The molecule has 0 aromatic heterocycles. The number of hydrogen-bond donors (Lipinski definition) is 1. The minimum Gasteiger partial charge on any atom is -0.385 e. The molecule has 0 heterocycles. The van der Waals surface area contributed by atoms with Gasteiger partial charge in [-0.3, -0.25) is 0 Å². The van der Waals surface area contributed by atoms with Crippen molar-refractivity contribution in [1.29, 1.82) is 0 Å². The third kappa shape index (κ3) is 2.45. The van der Waals surface area contributed by atoms with Crippen LogP contribution in [0.2, 0.25) is 0 Å². The van der Waals surface area contributed by atoms with Gasteiger partial charge in [0.15, 0.2) is 0 Å². The number of hydrogen-bond acceptors (Lipinski definition) is 1. The van der Waals surface area contributed by atoms with Gasteiger partial charge in [-0.1, -0.05) is 13.8 Å². The lowest BCUT2D eigenvalue weighted by molar-refractivity contribution is -0.0416. The van der Waals surface area contributed by atoms with Crippen LogP contribution >= 0.6 is 15.9 Å². The maximum absolute atomic E-state index is 14.1. The van der Waals surface area contributed by atoms with Crippen molar-refractivity contribution in [3.8, 4) is 0 Å². The van der Waals surface area contributed by atoms with Gasteiger partial charge in [-0.2, -0.15) is 0 Å². The first kappa shape index (κ1) is 13.9. The lowest BCUT2D eigenvalue weighted by atomic mass is 9.70. The topological polar surface area (TPSA) is 20.2 Å². The standard InChI is InChI=1S/C14H17BrF2O/c1-8-5-9(2)7-14(18,6-8)12-11(16)4-3-10(15)13(12)17/h3-4,8-9,18H,5-7H2,1-2H3. The molecule has 0 amide bonds. The predicted octanol–water partition coefficient (Wildman–Crippen LogP) is 4.37. The zero-order chi connectivity index (χ0) is 13.5. The average molecular weight is 319 g/mol. The normalized spacial score (nSPS) is 32.6. The summed E-state index contributed by atoms with van der Waals surface area (Å²) in [5.74, 6) is -0.827. The van der Waals surface area contributed by atoms with Gasteiger partial charge < -0.3 is 5.11 Å². The fourth-order valence-electron chi connectivity index (χ4n) is 3.25. The first-order chi connectivity index (χ1) is 8.33. The van der Waals surface area contributed by atoms with E-state index in [-0.39, 0.29) is 21.9 Å². The third-order valence-electron chi connectivity index (χ3n) is 3.69. The molecule has 0 spiro atoms. The molecule has 0 radical (unpaired) electrons. The van der Waals surface area contributed by atoms with Crippen molar-refractivity contribution < 1.29 is 13.9 Å². The van der Waals surface area contributed by atoms with Crippen LogP contribution < -0.4 is 0 Å². The summed E-state index contributed by atoms with van der Waals surface area (Å²) in [7, 11) is 0. The molecule has 1 fully saturated rings. The molecule has 1 nitrogen and oxygen atoms in total. The summed E-state index contributed by atoms with van der Waals surface area (Å²) < 4.78 is 28.2. The van der Waals surface area contributed by atoms with Gasteiger partial charge >= 0.3 is 0 Å². The molecule has 1 aromatic carbocycles. The summed E-state index contributed by atoms with van der Waals surface area (Å²) in [6.45, 7) is 4.02. The second-order valence-corrected chi connectivity index (χ2v) is 6.46. The summed E-state index contributed by atoms with van der Waals surface area (Å²) in [6, 6.07) is 2.53. The van der Waals surface area contributed by atoms with Crippen molar-refractivity contribution in [3.63, 3.8) is 0 Å². The molecule has 2 atom stereocenters. The van der Waals surface area contributed by atoms with E-state index in [9.17, 15) is 13.9 Å². The van der Waals surface area contributed by atoms with Crippen LogP contribution in [0.15, 0.2) is 16.6 Å². The van der Waals surface area contributed by atoms with Crippen LogP contribution in [0.25, 0.3) is 0 Å². The van der Waals surface area contributed by atoms with Crippen molar-refractivity contribution >= 4 is 15.9 Å². The number of aliphatic hydroxyl groups is 1. The fourth-order valence-corrected chi connectivity index (χ4v) is 3.58. The van der Waals surface area contributed by atoms with Gasteiger partial charge in [-0.15, -0.1) is 0 Å². The Kier molecular flexibility index (Phi) is 3.79. The Morgan fingerprint density at radius 2 is 1.78 bits per heavy atom. The van der Waals surface area contributed by atoms with Crippen molar-refractivity contribution in [3.05, 3.63) is 33.8 Å². The molecule has 2 rings (SSSR count). The van der Waals surface area contributed by atoms with E-state index in [2.05, 4.69) is 15.9 Å². The molecule has 1 saturated carbocycles. The zero-order valence-electron chi connectivity index (χ0n) is 10.5. The van der Waals surface area contributed by atoms with Gasteiger partial charge in [-0.25, -0.2) is 8.78 Å². The molecule has 1 aromatic rings. The third-order valence-corrected chi connectivity index (χ3v) is 4.30. The van der Waals surface area contributed by atoms with Gasteiger partial charge in [0, 0.05) is 0 Å². The summed E-state index contributed by atoms with van der Waals surface area (Å²) in [4.78, 5) is 0. The largest absolute Gasteiger partial charge is 0.385 e. The van der Waals surface area contributed by atoms with Gasteiger partial charge in [-0.05, 0) is 59.2 Å². The Balaban J connectivity index is 2.50. The van der Waals surface area contributed by atoms with Crippen molar-refractivity contribution in [2.45, 2.75) is 38.7 Å². The van der Waals surface area contributed by atoms with E-state index in [0.717, 1.165) is 6.42 Å². The molecular formula is C14H17BrF2O. The molecule has 0 saturated heterocycles. The van der Waals surface area contributed by atoms with E-state index in [1.165, 1.54) is 12.1 Å². The molecule has 1 N–H and O–H groups in total. The lowest BCUT2D eigenvalue weighted by Crippen LogP contribution is -2.37. The maximum atomic E-state index is 14.1. The smallest absolute Gasteiger partial charge is 0.146 e. The molecule has 4 heteroatoms. The summed E-state index contributed by atoms with van der Waals surface area (Å²) in [5, 5.41) is 10.7. The van der Waals surface area contributed by atoms with Crippen molar-refractivity contribution in [2.75, 3.05) is 0 Å². The molecular weight excluding hydrogens is 302 g/mol. The Labute approximate surface area is 114 Å². The number of rotatable bonds is 1. The van der Waals surface area contributed by atoms with E-state index in [1.807, 2.05) is 13.8 Å². The highest BCUT2D eigenvalue weighted by Crippen LogP contribution is 2.45. The summed E-state index contributed by atoms with van der Waals surface area (Å²) in [6.07, 6.45) is 1.79. The quantitative estimate of drug-likeness (QED) is 0.762. The molecule has 0 bridgehead atoms. The van der Waals surface area contributed by atoms with E-state index < -0.39 is 17.2 Å². The van der Waals surface area contributed by atoms with E-state index in [4.69, 9.17) is 0 Å². The van der Waals surface area contributed by atoms with Gasteiger partial charge in [0.25, 0.3) is 0 Å². The monoisotopic (exact) mass is 318 g/mol. The highest BCUT2D eigenvalue weighted by molar-refractivity contribution is 9.10. The Morgan fingerprint density at radius 1 is 1.22 bits per heavy atom.